The number of aromatic nitrogens is 3. The molecule has 0 aliphatic carbocycles. The number of thiazole rings is 1. The van der Waals surface area contributed by atoms with E-state index in [1.54, 1.807) is 0 Å². The Balaban J connectivity index is 2.03. The molecule has 0 atom stereocenters. The molecule has 0 aromatic carbocycles. The normalized spacial score (nSPS) is 10.2. The second-order valence-electron chi connectivity index (χ2n) is 3.36. The van der Waals surface area contributed by atoms with Crippen LogP contribution in [0.4, 0.5) is 5.13 Å². The minimum absolute atomic E-state index is 0.113. The van der Waals surface area contributed by atoms with E-state index in [1.165, 1.54) is 29.7 Å². The number of aryl methyl sites for hydroxylation is 1. The van der Waals surface area contributed by atoms with E-state index < -0.39 is 0 Å². The van der Waals surface area contributed by atoms with Gasteiger partial charge in [0, 0.05) is 17.6 Å². The van der Waals surface area contributed by atoms with Crippen LogP contribution >= 0.6 is 11.3 Å². The monoisotopic (exact) mass is 250 g/mol. The molecule has 1 amide bonds. The summed E-state index contributed by atoms with van der Waals surface area (Å²) >= 11 is 1.34. The molecule has 0 radical (unpaired) electrons. The van der Waals surface area contributed by atoms with Crippen molar-refractivity contribution < 1.29 is 4.79 Å². The lowest BCUT2D eigenvalue weighted by atomic mass is 10.5. The molecular formula is C10H10N4O2S. The van der Waals surface area contributed by atoms with E-state index in [-0.39, 0.29) is 18.0 Å². The third kappa shape index (κ3) is 2.97. The van der Waals surface area contributed by atoms with Crippen LogP contribution in [-0.4, -0.2) is 20.7 Å². The van der Waals surface area contributed by atoms with Crippen LogP contribution in [0.5, 0.6) is 0 Å². The smallest absolute Gasteiger partial charge is 0.267 e. The zero-order valence-corrected chi connectivity index (χ0v) is 9.90. The summed E-state index contributed by atoms with van der Waals surface area (Å²) in [7, 11) is 0. The summed E-state index contributed by atoms with van der Waals surface area (Å²) < 4.78 is 1.09. The zero-order chi connectivity index (χ0) is 12.3. The van der Waals surface area contributed by atoms with Crippen LogP contribution in [0.1, 0.15) is 5.69 Å². The van der Waals surface area contributed by atoms with E-state index in [4.69, 9.17) is 0 Å². The summed E-state index contributed by atoms with van der Waals surface area (Å²) in [4.78, 5) is 27.0. The van der Waals surface area contributed by atoms with Crippen molar-refractivity contribution in [2.75, 3.05) is 5.32 Å². The Bertz CT molecular complexity index is 590. The molecule has 2 aromatic rings. The Morgan fingerprint density at radius 2 is 2.41 bits per heavy atom. The molecule has 0 saturated carbocycles. The predicted octanol–water partition coefficient (Wildman–Crippen LogP) is 0.647. The van der Waals surface area contributed by atoms with Crippen LogP contribution < -0.4 is 10.9 Å². The third-order valence-electron chi connectivity index (χ3n) is 1.94. The zero-order valence-electron chi connectivity index (χ0n) is 9.08. The van der Waals surface area contributed by atoms with Gasteiger partial charge >= 0.3 is 0 Å². The van der Waals surface area contributed by atoms with Crippen molar-refractivity contribution in [3.63, 3.8) is 0 Å². The number of nitrogens with zero attached hydrogens (tertiary/aromatic N) is 3. The van der Waals surface area contributed by atoms with Crippen molar-refractivity contribution in [1.29, 1.82) is 0 Å². The van der Waals surface area contributed by atoms with Crippen molar-refractivity contribution in [3.05, 3.63) is 39.8 Å². The van der Waals surface area contributed by atoms with Gasteiger partial charge in [-0.15, -0.1) is 11.3 Å². The average Bonchev–Trinajstić information content (AvgIpc) is 2.67. The Labute approximate surface area is 101 Å². The Kier molecular flexibility index (Phi) is 3.29. The summed E-state index contributed by atoms with van der Waals surface area (Å²) in [6.45, 7) is 1.73. The van der Waals surface area contributed by atoms with Crippen molar-refractivity contribution in [2.24, 2.45) is 0 Å². The first-order valence-corrected chi connectivity index (χ1v) is 5.77. The van der Waals surface area contributed by atoms with Crippen LogP contribution in [0.25, 0.3) is 0 Å². The predicted molar refractivity (Wildman–Crippen MR) is 64.0 cm³/mol. The first-order chi connectivity index (χ1) is 8.15. The van der Waals surface area contributed by atoms with Crippen LogP contribution in [0.3, 0.4) is 0 Å². The van der Waals surface area contributed by atoms with E-state index in [9.17, 15) is 9.59 Å². The van der Waals surface area contributed by atoms with Gasteiger partial charge < -0.3 is 5.32 Å². The summed E-state index contributed by atoms with van der Waals surface area (Å²) in [5, 5.41) is 8.76. The van der Waals surface area contributed by atoms with Gasteiger partial charge in [0.15, 0.2) is 5.13 Å². The molecule has 17 heavy (non-hydrogen) atoms. The first kappa shape index (κ1) is 11.5. The molecule has 0 aliphatic heterocycles. The highest BCUT2D eigenvalue weighted by Crippen LogP contribution is 2.13. The molecule has 0 aliphatic rings. The summed E-state index contributed by atoms with van der Waals surface area (Å²) in [5.74, 6) is -0.319. The number of hydrogen-bond acceptors (Lipinski definition) is 5. The second-order valence-corrected chi connectivity index (χ2v) is 4.22. The highest BCUT2D eigenvalue weighted by molar-refractivity contribution is 7.13. The highest BCUT2D eigenvalue weighted by atomic mass is 32.1. The maximum absolute atomic E-state index is 11.6. The number of amides is 1. The minimum Gasteiger partial charge on any atom is -0.300 e. The van der Waals surface area contributed by atoms with Crippen molar-refractivity contribution in [2.45, 2.75) is 13.5 Å². The minimum atomic E-state index is -0.319. The molecule has 0 spiro atoms. The molecule has 2 aromatic heterocycles. The van der Waals surface area contributed by atoms with Crippen LogP contribution in [0.2, 0.25) is 0 Å². The van der Waals surface area contributed by atoms with Gasteiger partial charge in [-0.05, 0) is 13.0 Å². The number of carbonyl (C=O) groups excluding carboxylic acids is 1. The van der Waals surface area contributed by atoms with E-state index >= 15 is 0 Å². The van der Waals surface area contributed by atoms with E-state index in [0.29, 0.717) is 5.13 Å². The molecule has 2 heterocycles. The SMILES string of the molecule is Cc1csc(NC(=O)Cn2ncccc2=O)n1. The summed E-state index contributed by atoms with van der Waals surface area (Å²) in [6, 6.07) is 2.88. The molecule has 0 fully saturated rings. The molecule has 0 bridgehead atoms. The quantitative estimate of drug-likeness (QED) is 0.867. The topological polar surface area (TPSA) is 76.9 Å². The van der Waals surface area contributed by atoms with Gasteiger partial charge in [0.05, 0.1) is 5.69 Å². The molecule has 7 heteroatoms. The molecule has 0 unspecified atom stereocenters. The highest BCUT2D eigenvalue weighted by Gasteiger charge is 2.07. The molecule has 2 rings (SSSR count). The average molecular weight is 250 g/mol. The van der Waals surface area contributed by atoms with Crippen molar-refractivity contribution in [3.8, 4) is 0 Å². The molecular weight excluding hydrogens is 240 g/mol. The lowest BCUT2D eigenvalue weighted by Gasteiger charge is -2.02. The fraction of sp³-hybridized carbons (Fsp3) is 0.200. The number of carbonyl (C=O) groups is 1. The third-order valence-corrected chi connectivity index (χ3v) is 2.82. The van der Waals surface area contributed by atoms with Gasteiger partial charge in [-0.25, -0.2) is 9.67 Å². The summed E-state index contributed by atoms with van der Waals surface area (Å²) in [6.07, 6.45) is 1.46. The van der Waals surface area contributed by atoms with E-state index in [1.807, 2.05) is 12.3 Å². The second kappa shape index (κ2) is 4.88. The van der Waals surface area contributed by atoms with Crippen LogP contribution in [0.15, 0.2) is 28.5 Å². The largest absolute Gasteiger partial charge is 0.300 e. The Hall–Kier alpha value is -2.02. The van der Waals surface area contributed by atoms with Crippen LogP contribution in [0, 0.1) is 6.92 Å². The van der Waals surface area contributed by atoms with E-state index in [2.05, 4.69) is 15.4 Å². The van der Waals surface area contributed by atoms with Crippen molar-refractivity contribution >= 4 is 22.4 Å². The van der Waals surface area contributed by atoms with Gasteiger partial charge in [-0.2, -0.15) is 5.10 Å². The van der Waals surface area contributed by atoms with Gasteiger partial charge in [-0.3, -0.25) is 9.59 Å². The molecule has 6 nitrogen and oxygen atoms in total. The van der Waals surface area contributed by atoms with Crippen LogP contribution in [-0.2, 0) is 11.3 Å². The number of nitrogens with one attached hydrogen (secondary N) is 1. The Morgan fingerprint density at radius 3 is 3.06 bits per heavy atom. The molecule has 0 saturated heterocycles. The maximum Gasteiger partial charge on any atom is 0.267 e. The van der Waals surface area contributed by atoms with Gasteiger partial charge in [0.25, 0.3) is 5.56 Å². The van der Waals surface area contributed by atoms with E-state index in [0.717, 1.165) is 10.4 Å². The fourth-order valence-corrected chi connectivity index (χ4v) is 1.92. The number of hydrogen-bond donors (Lipinski definition) is 1. The Morgan fingerprint density at radius 1 is 1.59 bits per heavy atom. The molecule has 88 valence electrons. The first-order valence-electron chi connectivity index (χ1n) is 4.89. The fourth-order valence-electron chi connectivity index (χ4n) is 1.21. The number of rotatable bonds is 3. The van der Waals surface area contributed by atoms with Gasteiger partial charge in [0.1, 0.15) is 6.54 Å². The number of anilines is 1. The van der Waals surface area contributed by atoms with Gasteiger partial charge in [0.2, 0.25) is 5.91 Å². The summed E-state index contributed by atoms with van der Waals surface area (Å²) in [5.41, 5.74) is 0.540. The lowest BCUT2D eigenvalue weighted by molar-refractivity contribution is -0.117. The molecule has 1 N–H and O–H groups in total. The maximum atomic E-state index is 11.6. The van der Waals surface area contributed by atoms with Gasteiger partial charge in [-0.1, -0.05) is 0 Å². The lowest BCUT2D eigenvalue weighted by Crippen LogP contribution is -2.28. The van der Waals surface area contributed by atoms with Crippen molar-refractivity contribution in [1.82, 2.24) is 14.8 Å². The standard InChI is InChI=1S/C10H10N4O2S/c1-7-6-17-10(12-7)13-8(15)5-14-9(16)3-2-4-11-14/h2-4,6H,5H2,1H3,(H,12,13,15).